The van der Waals surface area contributed by atoms with Crippen LogP contribution in [-0.4, -0.2) is 48.8 Å². The summed E-state index contributed by atoms with van der Waals surface area (Å²) in [6, 6.07) is 1.42. The van der Waals surface area contributed by atoms with Gasteiger partial charge in [-0.25, -0.2) is 13.1 Å². The standard InChI is InChI=1S/C13H24N4O3S/c1-13(2,3)21(19,20)8-7-17-12(18)9-11(10-16-17)15-6-5-14-4/h9-10,14-15H,5-8H2,1-4H3. The van der Waals surface area contributed by atoms with Crippen molar-refractivity contribution in [3.63, 3.8) is 0 Å². The van der Waals surface area contributed by atoms with Gasteiger partial charge in [0.2, 0.25) is 0 Å². The molecule has 1 aromatic heterocycles. The molecular formula is C13H24N4O3S. The summed E-state index contributed by atoms with van der Waals surface area (Å²) in [5, 5.41) is 10.0. The maximum absolute atomic E-state index is 12.0. The first-order valence-corrected chi connectivity index (χ1v) is 8.50. The number of hydrogen-bond acceptors (Lipinski definition) is 6. The Bertz CT molecular complexity index is 617. The van der Waals surface area contributed by atoms with Crippen molar-refractivity contribution < 1.29 is 8.42 Å². The van der Waals surface area contributed by atoms with Crippen LogP contribution < -0.4 is 16.2 Å². The highest BCUT2D eigenvalue weighted by atomic mass is 32.2. The van der Waals surface area contributed by atoms with Crippen LogP contribution in [0.1, 0.15) is 20.8 Å². The summed E-state index contributed by atoms with van der Waals surface area (Å²) in [4.78, 5) is 11.9. The summed E-state index contributed by atoms with van der Waals surface area (Å²) in [7, 11) is -1.42. The number of nitrogens with zero attached hydrogens (tertiary/aromatic N) is 2. The van der Waals surface area contributed by atoms with E-state index in [0.29, 0.717) is 12.2 Å². The zero-order chi connectivity index (χ0) is 16.1. The van der Waals surface area contributed by atoms with Crippen LogP contribution >= 0.6 is 0 Å². The lowest BCUT2D eigenvalue weighted by Gasteiger charge is -2.19. The number of likely N-dealkylation sites (N-methyl/N-ethyl adjacent to an activating group) is 1. The Morgan fingerprint density at radius 2 is 1.95 bits per heavy atom. The van der Waals surface area contributed by atoms with E-state index < -0.39 is 14.6 Å². The minimum absolute atomic E-state index is 0.0647. The topological polar surface area (TPSA) is 93.1 Å². The number of sulfone groups is 1. The number of aromatic nitrogens is 2. The summed E-state index contributed by atoms with van der Waals surface area (Å²) in [5.74, 6) is -0.101. The van der Waals surface area contributed by atoms with Gasteiger partial charge in [-0.3, -0.25) is 4.79 Å². The third-order valence-electron chi connectivity index (χ3n) is 3.08. The van der Waals surface area contributed by atoms with Gasteiger partial charge in [0.1, 0.15) is 0 Å². The second-order valence-electron chi connectivity index (χ2n) is 5.77. The number of nitrogens with one attached hydrogen (secondary N) is 2. The highest BCUT2D eigenvalue weighted by molar-refractivity contribution is 7.92. The molecule has 0 aromatic carbocycles. The zero-order valence-electron chi connectivity index (χ0n) is 13.0. The summed E-state index contributed by atoms with van der Waals surface area (Å²) < 4.78 is 24.4. The Labute approximate surface area is 125 Å². The van der Waals surface area contributed by atoms with E-state index in [1.807, 2.05) is 7.05 Å². The lowest BCUT2D eigenvalue weighted by molar-refractivity contribution is 0.543. The fourth-order valence-electron chi connectivity index (χ4n) is 1.54. The first-order valence-electron chi connectivity index (χ1n) is 6.85. The summed E-state index contributed by atoms with van der Waals surface area (Å²) in [6.07, 6.45) is 1.53. The van der Waals surface area contributed by atoms with Crippen LogP contribution in [0.15, 0.2) is 17.1 Å². The van der Waals surface area contributed by atoms with E-state index in [2.05, 4.69) is 15.7 Å². The van der Waals surface area contributed by atoms with Gasteiger partial charge in [-0.05, 0) is 27.8 Å². The molecule has 2 N–H and O–H groups in total. The number of hydrogen-bond donors (Lipinski definition) is 2. The van der Waals surface area contributed by atoms with Gasteiger partial charge >= 0.3 is 0 Å². The highest BCUT2D eigenvalue weighted by Gasteiger charge is 2.28. The normalized spacial score (nSPS) is 12.4. The van der Waals surface area contributed by atoms with Gasteiger partial charge in [0.15, 0.2) is 9.84 Å². The predicted octanol–water partition coefficient (Wildman–Crippen LogP) is 0.0879. The third-order valence-corrected chi connectivity index (χ3v) is 5.66. The van der Waals surface area contributed by atoms with E-state index in [1.54, 1.807) is 20.8 Å². The Hall–Kier alpha value is -1.41. The number of aryl methyl sites for hydroxylation is 1. The molecule has 0 saturated heterocycles. The van der Waals surface area contributed by atoms with Crippen LogP contribution in [0.3, 0.4) is 0 Å². The molecule has 0 spiro atoms. The van der Waals surface area contributed by atoms with Crippen LogP contribution in [0.4, 0.5) is 5.69 Å². The van der Waals surface area contributed by atoms with Crippen LogP contribution in [-0.2, 0) is 16.4 Å². The number of anilines is 1. The molecule has 0 aliphatic rings. The van der Waals surface area contributed by atoms with Gasteiger partial charge in [0.05, 0.1) is 28.9 Å². The van der Waals surface area contributed by atoms with Crippen LogP contribution in [0.5, 0.6) is 0 Å². The molecule has 8 heteroatoms. The maximum atomic E-state index is 12.0. The molecular weight excluding hydrogens is 292 g/mol. The van der Waals surface area contributed by atoms with Crippen LogP contribution in [0.25, 0.3) is 0 Å². The van der Waals surface area contributed by atoms with Gasteiger partial charge in [-0.15, -0.1) is 0 Å². The summed E-state index contributed by atoms with van der Waals surface area (Å²) >= 11 is 0. The van der Waals surface area contributed by atoms with Crippen molar-refractivity contribution in [3.8, 4) is 0 Å². The fourth-order valence-corrected chi connectivity index (χ4v) is 2.57. The van der Waals surface area contributed by atoms with Crippen molar-refractivity contribution in [2.24, 2.45) is 0 Å². The van der Waals surface area contributed by atoms with Crippen LogP contribution in [0.2, 0.25) is 0 Å². The monoisotopic (exact) mass is 316 g/mol. The SMILES string of the molecule is CNCCNc1cnn(CCS(=O)(=O)C(C)(C)C)c(=O)c1. The second-order valence-corrected chi connectivity index (χ2v) is 8.63. The summed E-state index contributed by atoms with van der Waals surface area (Å²) in [6.45, 7) is 6.45. The molecule has 0 atom stereocenters. The Kier molecular flexibility index (Phi) is 5.91. The van der Waals surface area contributed by atoms with E-state index in [1.165, 1.54) is 16.9 Å². The Morgan fingerprint density at radius 3 is 2.48 bits per heavy atom. The zero-order valence-corrected chi connectivity index (χ0v) is 13.8. The quantitative estimate of drug-likeness (QED) is 0.693. The molecule has 1 heterocycles. The third kappa shape index (κ3) is 5.13. The molecule has 0 saturated carbocycles. The van der Waals surface area contributed by atoms with E-state index in [9.17, 15) is 13.2 Å². The molecule has 0 bridgehead atoms. The van der Waals surface area contributed by atoms with Crippen LogP contribution in [0, 0.1) is 0 Å². The molecule has 7 nitrogen and oxygen atoms in total. The molecule has 1 aromatic rings. The van der Waals surface area contributed by atoms with Crippen molar-refractivity contribution in [1.29, 1.82) is 0 Å². The van der Waals surface area contributed by atoms with E-state index >= 15 is 0 Å². The Balaban J connectivity index is 2.72. The molecule has 21 heavy (non-hydrogen) atoms. The summed E-state index contributed by atoms with van der Waals surface area (Å²) in [5.41, 5.74) is 0.318. The molecule has 0 radical (unpaired) electrons. The van der Waals surface area contributed by atoms with Gasteiger partial charge in [0.25, 0.3) is 5.56 Å². The molecule has 0 unspecified atom stereocenters. The van der Waals surface area contributed by atoms with Gasteiger partial charge in [0, 0.05) is 19.2 Å². The van der Waals surface area contributed by atoms with E-state index in [4.69, 9.17) is 0 Å². The molecule has 0 fully saturated rings. The molecule has 0 amide bonds. The molecule has 1 rings (SSSR count). The average molecular weight is 316 g/mol. The second kappa shape index (κ2) is 7.04. The minimum Gasteiger partial charge on any atom is -0.382 e. The highest BCUT2D eigenvalue weighted by Crippen LogP contribution is 2.15. The van der Waals surface area contributed by atoms with Gasteiger partial charge in [-0.1, -0.05) is 0 Å². The largest absolute Gasteiger partial charge is 0.382 e. The minimum atomic E-state index is -3.26. The smallest absolute Gasteiger partial charge is 0.268 e. The molecule has 120 valence electrons. The van der Waals surface area contributed by atoms with E-state index in [-0.39, 0.29) is 17.9 Å². The lowest BCUT2D eigenvalue weighted by atomic mass is 10.3. The Morgan fingerprint density at radius 1 is 1.29 bits per heavy atom. The van der Waals surface area contributed by atoms with Gasteiger partial charge in [-0.2, -0.15) is 5.10 Å². The maximum Gasteiger partial charge on any atom is 0.268 e. The molecule has 0 aliphatic heterocycles. The van der Waals surface area contributed by atoms with E-state index in [0.717, 1.165) is 6.54 Å². The first-order chi connectivity index (χ1) is 9.67. The van der Waals surface area contributed by atoms with Crippen molar-refractivity contribution in [1.82, 2.24) is 15.1 Å². The van der Waals surface area contributed by atoms with Crippen molar-refractivity contribution in [2.75, 3.05) is 31.2 Å². The van der Waals surface area contributed by atoms with Crippen molar-refractivity contribution >= 4 is 15.5 Å². The van der Waals surface area contributed by atoms with Gasteiger partial charge < -0.3 is 10.6 Å². The number of rotatable bonds is 7. The molecule has 0 aliphatic carbocycles. The van der Waals surface area contributed by atoms with Crippen molar-refractivity contribution in [2.45, 2.75) is 32.1 Å². The lowest BCUT2D eigenvalue weighted by Crippen LogP contribution is -2.34. The average Bonchev–Trinajstić information content (AvgIpc) is 2.36. The van der Waals surface area contributed by atoms with Crippen molar-refractivity contribution in [3.05, 3.63) is 22.6 Å². The predicted molar refractivity (Wildman–Crippen MR) is 84.5 cm³/mol. The first kappa shape index (κ1) is 17.6. The fraction of sp³-hybridized carbons (Fsp3) is 0.692.